The smallest absolute Gasteiger partial charge is 0.336 e. The highest BCUT2D eigenvalue weighted by Gasteiger charge is 2.57. The summed E-state index contributed by atoms with van der Waals surface area (Å²) in [5.41, 5.74) is -0.475. The summed E-state index contributed by atoms with van der Waals surface area (Å²) in [7, 11) is 1.31. The van der Waals surface area contributed by atoms with Crippen molar-refractivity contribution in [2.75, 3.05) is 18.9 Å². The van der Waals surface area contributed by atoms with Crippen molar-refractivity contribution < 1.29 is 32.3 Å². The number of anilines is 1. The molecule has 2 aliphatic heterocycles. The van der Waals surface area contributed by atoms with Crippen LogP contribution in [-0.2, 0) is 24.6 Å². The van der Waals surface area contributed by atoms with E-state index in [9.17, 15) is 37.6 Å². The molecule has 1 aromatic rings. The monoisotopic (exact) mass is 563 g/mol. The van der Waals surface area contributed by atoms with Gasteiger partial charge in [-0.2, -0.15) is 18.4 Å². The quantitative estimate of drug-likeness (QED) is 0.527. The van der Waals surface area contributed by atoms with Crippen molar-refractivity contribution in [1.82, 2.24) is 15.1 Å². The van der Waals surface area contributed by atoms with Crippen LogP contribution in [0.5, 0.6) is 0 Å². The average molecular weight is 564 g/mol. The highest BCUT2D eigenvalue weighted by Crippen LogP contribution is 2.46. The Morgan fingerprint density at radius 3 is 2.40 bits per heavy atom. The summed E-state index contributed by atoms with van der Waals surface area (Å²) in [5.74, 6) is -4.11. The normalized spacial score (nSPS) is 22.0. The van der Waals surface area contributed by atoms with E-state index in [-0.39, 0.29) is 37.6 Å². The first-order chi connectivity index (χ1) is 18.4. The Labute approximate surface area is 232 Å². The van der Waals surface area contributed by atoms with Crippen molar-refractivity contribution in [2.45, 2.75) is 83.6 Å². The van der Waals surface area contributed by atoms with Gasteiger partial charge in [0.05, 0.1) is 11.5 Å². The molecule has 218 valence electrons. The van der Waals surface area contributed by atoms with Gasteiger partial charge in [0.1, 0.15) is 18.1 Å². The van der Waals surface area contributed by atoms with Gasteiger partial charge in [-0.1, -0.05) is 52.8 Å². The Bertz CT molecular complexity index is 1220. The molecule has 1 fully saturated rings. The standard InChI is InChI=1S/C28H36F3N5O4/c1-16(2)11-21(35(6)22(37)20(13-26(3,4)5)34-25(40)28(29,30)31)23(38)36-15-27(12-17(36)14-32)18-9-7-8-10-19(18)33-24(27)39/h7-10,16-17,20-21H,11-13,15H2,1-6H3,(H,33,39)(H,34,40)/t17-,20?,21-,27-/m0/s1. The number of nitrogens with zero attached hydrogens (tertiary/aromatic N) is 3. The van der Waals surface area contributed by atoms with E-state index < -0.39 is 52.9 Å². The van der Waals surface area contributed by atoms with Crippen LogP contribution < -0.4 is 10.6 Å². The van der Waals surface area contributed by atoms with Crippen molar-refractivity contribution in [3.05, 3.63) is 29.8 Å². The number of para-hydroxylation sites is 1. The highest BCUT2D eigenvalue weighted by atomic mass is 19.4. The number of amides is 4. The first-order valence-electron chi connectivity index (χ1n) is 13.2. The number of carbonyl (C=O) groups is 4. The topological polar surface area (TPSA) is 123 Å². The Balaban J connectivity index is 1.94. The number of halogens is 3. The number of nitrogens with one attached hydrogen (secondary N) is 2. The third-order valence-electron chi connectivity index (χ3n) is 7.39. The van der Waals surface area contributed by atoms with Crippen LogP contribution in [0.1, 0.15) is 59.4 Å². The van der Waals surface area contributed by atoms with Gasteiger partial charge in [0.15, 0.2) is 0 Å². The second-order valence-corrected chi connectivity index (χ2v) is 12.3. The third-order valence-corrected chi connectivity index (χ3v) is 7.39. The van der Waals surface area contributed by atoms with E-state index in [1.165, 1.54) is 11.9 Å². The van der Waals surface area contributed by atoms with E-state index in [1.54, 1.807) is 50.4 Å². The Hall–Kier alpha value is -3.62. The number of nitriles is 1. The van der Waals surface area contributed by atoms with Crippen molar-refractivity contribution in [1.29, 1.82) is 5.26 Å². The van der Waals surface area contributed by atoms with Crippen LogP contribution in [0.15, 0.2) is 24.3 Å². The van der Waals surface area contributed by atoms with E-state index in [4.69, 9.17) is 0 Å². The molecule has 0 radical (unpaired) electrons. The minimum Gasteiger partial charge on any atom is -0.336 e. The number of hydrogen-bond donors (Lipinski definition) is 2. The minimum atomic E-state index is -5.19. The third kappa shape index (κ3) is 6.24. The SMILES string of the molecule is CC(C)C[C@@H](C(=O)N1C[C@]2(C[C@H]1C#N)C(=O)Nc1ccccc12)N(C)C(=O)C(CC(C)(C)C)NC(=O)C(F)(F)F. The molecule has 0 aromatic heterocycles. The maximum atomic E-state index is 14.0. The molecule has 0 saturated carbocycles. The van der Waals surface area contributed by atoms with Gasteiger partial charge in [0.25, 0.3) is 0 Å². The molecule has 1 unspecified atom stereocenters. The number of benzene rings is 1. The number of alkyl halides is 3. The lowest BCUT2D eigenvalue weighted by Gasteiger charge is -2.36. The van der Waals surface area contributed by atoms with E-state index in [1.807, 2.05) is 13.8 Å². The number of likely N-dealkylation sites (N-methyl/N-ethyl adjacent to an activating group) is 1. The molecule has 4 amide bonds. The fraction of sp³-hybridized carbons (Fsp3) is 0.607. The summed E-state index contributed by atoms with van der Waals surface area (Å²) in [4.78, 5) is 54.9. The van der Waals surface area contributed by atoms with Crippen LogP contribution >= 0.6 is 0 Å². The van der Waals surface area contributed by atoms with Crippen LogP contribution in [-0.4, -0.2) is 71.3 Å². The average Bonchev–Trinajstić information content (AvgIpc) is 3.37. The van der Waals surface area contributed by atoms with Gasteiger partial charge in [0, 0.05) is 25.7 Å². The molecule has 0 aliphatic carbocycles. The lowest BCUT2D eigenvalue weighted by atomic mass is 9.80. The van der Waals surface area contributed by atoms with E-state index in [0.29, 0.717) is 11.3 Å². The molecule has 40 heavy (non-hydrogen) atoms. The largest absolute Gasteiger partial charge is 0.471 e. The van der Waals surface area contributed by atoms with Crippen LogP contribution in [0.4, 0.5) is 18.9 Å². The zero-order valence-corrected chi connectivity index (χ0v) is 23.6. The van der Waals surface area contributed by atoms with E-state index in [2.05, 4.69) is 11.4 Å². The number of hydrogen-bond acceptors (Lipinski definition) is 5. The van der Waals surface area contributed by atoms with Gasteiger partial charge >= 0.3 is 12.1 Å². The molecule has 3 rings (SSSR count). The summed E-state index contributed by atoms with van der Waals surface area (Å²) in [6.07, 6.45) is -5.07. The summed E-state index contributed by atoms with van der Waals surface area (Å²) in [6, 6.07) is 5.53. The van der Waals surface area contributed by atoms with E-state index >= 15 is 0 Å². The fourth-order valence-corrected chi connectivity index (χ4v) is 5.50. The molecule has 2 N–H and O–H groups in total. The van der Waals surface area contributed by atoms with Crippen molar-refractivity contribution in [3.8, 4) is 6.07 Å². The number of likely N-dealkylation sites (tertiary alicyclic amines) is 1. The van der Waals surface area contributed by atoms with Crippen LogP contribution in [0.2, 0.25) is 0 Å². The molecule has 2 aliphatic rings. The van der Waals surface area contributed by atoms with Gasteiger partial charge in [0.2, 0.25) is 17.7 Å². The highest BCUT2D eigenvalue weighted by molar-refractivity contribution is 6.07. The second kappa shape index (κ2) is 11.1. The van der Waals surface area contributed by atoms with Gasteiger partial charge < -0.3 is 20.4 Å². The second-order valence-electron chi connectivity index (χ2n) is 12.3. The molecule has 12 heteroatoms. The van der Waals surface area contributed by atoms with Crippen molar-refractivity contribution in [3.63, 3.8) is 0 Å². The first-order valence-corrected chi connectivity index (χ1v) is 13.2. The van der Waals surface area contributed by atoms with Crippen LogP contribution in [0.3, 0.4) is 0 Å². The van der Waals surface area contributed by atoms with Crippen LogP contribution in [0.25, 0.3) is 0 Å². The maximum Gasteiger partial charge on any atom is 0.471 e. The molecule has 1 aromatic carbocycles. The molecular formula is C28H36F3N5O4. The predicted molar refractivity (Wildman–Crippen MR) is 141 cm³/mol. The van der Waals surface area contributed by atoms with Gasteiger partial charge in [-0.3, -0.25) is 19.2 Å². The summed E-state index contributed by atoms with van der Waals surface area (Å²) >= 11 is 0. The number of fused-ring (bicyclic) bond motifs is 2. The van der Waals surface area contributed by atoms with Crippen molar-refractivity contribution >= 4 is 29.3 Å². The van der Waals surface area contributed by atoms with Gasteiger partial charge in [-0.25, -0.2) is 0 Å². The predicted octanol–water partition coefficient (Wildman–Crippen LogP) is 3.36. The molecule has 4 atom stereocenters. The maximum absolute atomic E-state index is 14.0. The molecule has 2 heterocycles. The molecule has 1 spiro atoms. The van der Waals surface area contributed by atoms with E-state index in [0.717, 1.165) is 4.90 Å². The molecule has 0 bridgehead atoms. The van der Waals surface area contributed by atoms with Gasteiger partial charge in [-0.05, 0) is 35.8 Å². The summed E-state index contributed by atoms with van der Waals surface area (Å²) in [6.45, 7) is 8.72. The zero-order chi connectivity index (χ0) is 30.2. The fourth-order valence-electron chi connectivity index (χ4n) is 5.50. The minimum absolute atomic E-state index is 0.0679. The summed E-state index contributed by atoms with van der Waals surface area (Å²) < 4.78 is 39.2. The number of rotatable bonds is 7. The molecule has 1 saturated heterocycles. The summed E-state index contributed by atoms with van der Waals surface area (Å²) in [5, 5.41) is 14.6. The van der Waals surface area contributed by atoms with Crippen LogP contribution in [0, 0.1) is 22.7 Å². The molecular weight excluding hydrogens is 527 g/mol. The Morgan fingerprint density at radius 1 is 1.23 bits per heavy atom. The first kappa shape index (κ1) is 30.9. The number of carbonyl (C=O) groups excluding carboxylic acids is 4. The Morgan fingerprint density at radius 2 is 1.85 bits per heavy atom. The zero-order valence-electron chi connectivity index (χ0n) is 23.6. The Kier molecular flexibility index (Phi) is 8.58. The lowest BCUT2D eigenvalue weighted by molar-refractivity contribution is -0.175. The molecule has 9 nitrogen and oxygen atoms in total. The van der Waals surface area contributed by atoms with Crippen molar-refractivity contribution in [2.24, 2.45) is 11.3 Å². The van der Waals surface area contributed by atoms with Gasteiger partial charge in [-0.15, -0.1) is 0 Å². The lowest BCUT2D eigenvalue weighted by Crippen LogP contribution is -2.57.